The van der Waals surface area contributed by atoms with Gasteiger partial charge >= 0.3 is 28.4 Å². The number of aromatic carboxylic acids is 1. The van der Waals surface area contributed by atoms with Crippen molar-refractivity contribution < 1.29 is 43.3 Å². The van der Waals surface area contributed by atoms with Gasteiger partial charge in [0.1, 0.15) is 0 Å². The third-order valence-corrected chi connectivity index (χ3v) is 5.19. The topological polar surface area (TPSA) is 141 Å². The van der Waals surface area contributed by atoms with E-state index >= 15 is 0 Å². The van der Waals surface area contributed by atoms with Gasteiger partial charge in [-0.05, 0) is 96.9 Å². The number of methoxy groups -OCH3 is 2. The number of rotatable bonds is 5. The van der Waals surface area contributed by atoms with Crippen LogP contribution in [-0.2, 0) is 19.1 Å². The number of hydrogen-bond donors (Lipinski definition) is 1. The maximum absolute atomic E-state index is 11.3. The normalized spacial score (nSPS) is 9.47. The van der Waals surface area contributed by atoms with Gasteiger partial charge in [0, 0.05) is 5.56 Å². The monoisotopic (exact) mass is 560 g/mol. The summed E-state index contributed by atoms with van der Waals surface area (Å²) in [5.74, 6) is -2.03. The zero-order chi connectivity index (χ0) is 28.3. The highest BCUT2D eigenvalue weighted by Gasteiger charge is 2.16. The average Bonchev–Trinajstić information content (AvgIpc) is 2.78. The van der Waals surface area contributed by atoms with Gasteiger partial charge in [-0.25, -0.2) is 14.4 Å². The van der Waals surface area contributed by atoms with Crippen molar-refractivity contribution in [1.82, 2.24) is 0 Å². The minimum atomic E-state index is -1.14. The Morgan fingerprint density at radius 3 is 1.17 bits per heavy atom. The average molecular weight is 562 g/mol. The number of carboxylic acid groups (broad SMARTS) is 1. The van der Waals surface area contributed by atoms with Gasteiger partial charge in [0.05, 0.1) is 30.9 Å². The molecule has 0 aliphatic rings. The molecule has 0 aliphatic carbocycles. The van der Waals surface area contributed by atoms with Gasteiger partial charge < -0.3 is 14.6 Å². The van der Waals surface area contributed by atoms with Crippen LogP contribution in [0.4, 0.5) is 0 Å². The minimum Gasteiger partial charge on any atom is -0.478 e. The molecule has 0 atom stereocenters. The van der Waals surface area contributed by atoms with Gasteiger partial charge in [-0.2, -0.15) is 0 Å². The maximum atomic E-state index is 11.3. The summed E-state index contributed by atoms with van der Waals surface area (Å²) in [7, 11) is 2.56. The lowest BCUT2D eigenvalue weighted by Crippen LogP contribution is -2.08. The molecule has 0 saturated carbocycles. The smallest absolute Gasteiger partial charge is 0.338 e. The van der Waals surface area contributed by atoms with E-state index in [0.717, 1.165) is 11.1 Å². The predicted molar refractivity (Wildman–Crippen MR) is 133 cm³/mol. The van der Waals surface area contributed by atoms with E-state index in [2.05, 4.69) is 32.7 Å². The van der Waals surface area contributed by atoms with Crippen molar-refractivity contribution in [2.45, 2.75) is 27.7 Å². The molecule has 1 N–H and O–H groups in total. The Balaban J connectivity index is 0.000000558. The molecule has 0 amide bonds. The van der Waals surface area contributed by atoms with Crippen LogP contribution in [0, 0.1) is 27.7 Å². The molecule has 36 heavy (non-hydrogen) atoms. The lowest BCUT2D eigenvalue weighted by Gasteiger charge is -2.07. The van der Waals surface area contributed by atoms with Crippen molar-refractivity contribution in [2.24, 2.45) is 0 Å². The van der Waals surface area contributed by atoms with Gasteiger partial charge in [-0.3, -0.25) is 14.4 Å². The third-order valence-electron chi connectivity index (χ3n) is 4.55. The zero-order valence-corrected chi connectivity index (χ0v) is 22.4. The summed E-state index contributed by atoms with van der Waals surface area (Å²) < 4.78 is 9.16. The SMILES string of the molecule is COC(=O)c1cc(C(=O)Cl)c(C)cc1C.COC(=O)c1cc(C(=O)O)c(C)cc1C.O=C(Cl)C(=O)Cl. The fourth-order valence-corrected chi connectivity index (χ4v) is 3.01. The van der Waals surface area contributed by atoms with Crippen LogP contribution in [0.1, 0.15) is 63.7 Å². The van der Waals surface area contributed by atoms with E-state index in [4.69, 9.17) is 16.7 Å². The van der Waals surface area contributed by atoms with Gasteiger partial charge in [0.2, 0.25) is 0 Å². The summed E-state index contributed by atoms with van der Waals surface area (Å²) >= 11 is 14.4. The fourth-order valence-electron chi connectivity index (χ4n) is 2.81. The Morgan fingerprint density at radius 1 is 0.583 bits per heavy atom. The molecular weight excluding hydrogens is 539 g/mol. The first kappa shape index (κ1) is 32.7. The highest BCUT2D eigenvalue weighted by molar-refractivity contribution is 6.97. The van der Waals surface area contributed by atoms with Crippen LogP contribution in [0.2, 0.25) is 0 Å². The standard InChI is InChI=1S/C11H11ClO3.C11H12O4.C2Cl2O2/c2*1-6-4-7(2)9(11(14)15-3)5-8(6)10(12)13;3-1(5)2(4)6/h4-5H,1-3H3;4-5H,1-3H3,(H,12,13);. The van der Waals surface area contributed by atoms with E-state index in [-0.39, 0.29) is 5.56 Å². The molecule has 9 nitrogen and oxygen atoms in total. The number of carboxylic acids is 1. The lowest BCUT2D eigenvalue weighted by molar-refractivity contribution is -0.127. The number of ether oxygens (including phenoxy) is 2. The Kier molecular flexibility index (Phi) is 13.6. The number of halogens is 3. The van der Waals surface area contributed by atoms with Crippen molar-refractivity contribution in [3.05, 3.63) is 68.8 Å². The molecule has 0 radical (unpaired) electrons. The molecule has 0 saturated heterocycles. The van der Waals surface area contributed by atoms with E-state index < -0.39 is 33.6 Å². The molecule has 0 aromatic heterocycles. The highest BCUT2D eigenvalue weighted by atomic mass is 35.5. The van der Waals surface area contributed by atoms with Crippen LogP contribution in [0.5, 0.6) is 0 Å². The van der Waals surface area contributed by atoms with E-state index in [0.29, 0.717) is 27.8 Å². The summed E-state index contributed by atoms with van der Waals surface area (Å²) in [5, 5.41) is 6.03. The second-order valence-electron chi connectivity index (χ2n) is 7.07. The highest BCUT2D eigenvalue weighted by Crippen LogP contribution is 2.19. The number of esters is 2. The quantitative estimate of drug-likeness (QED) is 0.310. The second kappa shape index (κ2) is 15.0. The number of carbonyl (C=O) groups is 6. The summed E-state index contributed by atoms with van der Waals surface area (Å²) in [6, 6.07) is 6.21. The van der Waals surface area contributed by atoms with Gasteiger partial charge in [-0.15, -0.1) is 0 Å². The minimum absolute atomic E-state index is 0.126. The Bertz CT molecular complexity index is 1110. The molecular formula is C24H23Cl3O9. The van der Waals surface area contributed by atoms with Crippen LogP contribution in [0.25, 0.3) is 0 Å². The van der Waals surface area contributed by atoms with Crippen LogP contribution in [0.3, 0.4) is 0 Å². The van der Waals surface area contributed by atoms with Crippen LogP contribution < -0.4 is 0 Å². The number of hydrogen-bond acceptors (Lipinski definition) is 8. The largest absolute Gasteiger partial charge is 0.478 e. The molecule has 0 aliphatic heterocycles. The summed E-state index contributed by atoms with van der Waals surface area (Å²) in [4.78, 5) is 63.4. The number of aryl methyl sites for hydroxylation is 4. The molecule has 194 valence electrons. The first-order chi connectivity index (χ1) is 16.6. The van der Waals surface area contributed by atoms with Crippen molar-refractivity contribution in [3.63, 3.8) is 0 Å². The Labute approximate surface area is 222 Å². The molecule has 0 fully saturated rings. The van der Waals surface area contributed by atoms with E-state index in [1.807, 2.05) is 0 Å². The van der Waals surface area contributed by atoms with Crippen molar-refractivity contribution >= 4 is 68.4 Å². The van der Waals surface area contributed by atoms with Crippen molar-refractivity contribution in [1.29, 1.82) is 0 Å². The van der Waals surface area contributed by atoms with Gasteiger partial charge in [-0.1, -0.05) is 12.1 Å². The summed E-state index contributed by atoms with van der Waals surface area (Å²) in [6.07, 6.45) is 0. The molecule has 0 unspecified atom stereocenters. The molecule has 2 aromatic carbocycles. The molecule has 2 rings (SSSR count). The first-order valence-electron chi connectivity index (χ1n) is 9.80. The van der Waals surface area contributed by atoms with Crippen molar-refractivity contribution in [3.8, 4) is 0 Å². The van der Waals surface area contributed by atoms with E-state index in [9.17, 15) is 28.8 Å². The molecule has 2 aromatic rings. The summed E-state index contributed by atoms with van der Waals surface area (Å²) in [5.41, 5.74) is 3.98. The second-order valence-corrected chi connectivity index (χ2v) is 8.10. The number of carbonyl (C=O) groups excluding carboxylic acids is 5. The maximum Gasteiger partial charge on any atom is 0.338 e. The Morgan fingerprint density at radius 2 is 0.889 bits per heavy atom. The first-order valence-corrected chi connectivity index (χ1v) is 10.9. The zero-order valence-electron chi connectivity index (χ0n) is 20.2. The van der Waals surface area contributed by atoms with Crippen LogP contribution in [0.15, 0.2) is 24.3 Å². The molecule has 0 spiro atoms. The molecule has 0 heterocycles. The Hall–Kier alpha value is -3.27. The molecule has 0 bridgehead atoms. The van der Waals surface area contributed by atoms with Crippen LogP contribution in [-0.4, -0.2) is 53.0 Å². The van der Waals surface area contributed by atoms with E-state index in [1.165, 1.54) is 26.4 Å². The third kappa shape index (κ3) is 9.77. The fraction of sp³-hybridized carbons (Fsp3) is 0.250. The van der Waals surface area contributed by atoms with Crippen LogP contribution >= 0.6 is 34.8 Å². The van der Waals surface area contributed by atoms with Gasteiger partial charge in [0.25, 0.3) is 5.24 Å². The van der Waals surface area contributed by atoms with E-state index in [1.54, 1.807) is 39.8 Å². The lowest BCUT2D eigenvalue weighted by atomic mass is 10.00. The van der Waals surface area contributed by atoms with Crippen molar-refractivity contribution in [2.75, 3.05) is 14.2 Å². The summed E-state index contributed by atoms with van der Waals surface area (Å²) in [6.45, 7) is 6.98. The number of benzene rings is 2. The predicted octanol–water partition coefficient (Wildman–Crippen LogP) is 4.77. The van der Waals surface area contributed by atoms with Gasteiger partial charge in [0.15, 0.2) is 0 Å². The molecule has 12 heteroatoms.